The lowest BCUT2D eigenvalue weighted by Crippen LogP contribution is -2.51. The Hall–Kier alpha value is -1.85. The Labute approximate surface area is 149 Å². The number of alkyl halides is 7. The van der Waals surface area contributed by atoms with Crippen LogP contribution in [0.4, 0.5) is 30.7 Å². The zero-order valence-corrected chi connectivity index (χ0v) is 15.2. The van der Waals surface area contributed by atoms with Gasteiger partial charge >= 0.3 is 24.0 Å². The summed E-state index contributed by atoms with van der Waals surface area (Å²) in [4.78, 5) is 9.53. The van der Waals surface area contributed by atoms with Crippen LogP contribution in [0.25, 0.3) is 0 Å². The van der Waals surface area contributed by atoms with E-state index in [1.54, 1.807) is 0 Å². The van der Waals surface area contributed by atoms with Gasteiger partial charge in [-0.1, -0.05) is 6.07 Å². The summed E-state index contributed by atoms with van der Waals surface area (Å²) in [5.41, 5.74) is -10.0. The lowest BCUT2D eigenvalue weighted by Gasteiger charge is -2.33. The van der Waals surface area contributed by atoms with E-state index < -0.39 is 60.2 Å². The minimum absolute atomic E-state index is 0.101. The average molecular weight is 424 g/mol. The van der Waals surface area contributed by atoms with Crippen LogP contribution >= 0.6 is 0 Å². The largest absolute Gasteiger partial charge is 0.478 e. The molecule has 0 bridgehead atoms. The minimum Gasteiger partial charge on any atom is -0.478 e. The highest BCUT2D eigenvalue weighted by Gasteiger charge is 2.74. The Balaban J connectivity index is 4.25. The molecule has 0 saturated heterocycles. The normalized spacial score (nSPS) is 14.3. The number of hydrogen-bond donors (Lipinski definition) is 1. The SMILES string of the molecule is Cc1c(C(=O)O)ccc(C(F)(C(F)(F)F)C(F)(F)F)c1S(=O)(=O)C(C)(C)C. The summed E-state index contributed by atoms with van der Waals surface area (Å²) in [5.74, 6) is -1.80. The van der Waals surface area contributed by atoms with Gasteiger partial charge in [0.1, 0.15) is 0 Å². The molecule has 0 radical (unpaired) electrons. The molecule has 12 heteroatoms. The molecule has 0 spiro atoms. The van der Waals surface area contributed by atoms with E-state index >= 15 is 0 Å². The van der Waals surface area contributed by atoms with Gasteiger partial charge in [-0.25, -0.2) is 17.6 Å². The molecular weight excluding hydrogens is 409 g/mol. The van der Waals surface area contributed by atoms with E-state index in [1.165, 1.54) is 0 Å². The first kappa shape index (κ1) is 23.2. The number of rotatable bonds is 3. The molecule has 0 amide bonds. The van der Waals surface area contributed by atoms with Crippen LogP contribution in [0.3, 0.4) is 0 Å². The fourth-order valence-corrected chi connectivity index (χ4v) is 3.94. The third-order valence-corrected chi connectivity index (χ3v) is 6.54. The molecule has 0 unspecified atom stereocenters. The molecule has 1 rings (SSSR count). The van der Waals surface area contributed by atoms with Gasteiger partial charge in [-0.15, -0.1) is 0 Å². The summed E-state index contributed by atoms with van der Waals surface area (Å²) in [5, 5.41) is 9.04. The lowest BCUT2D eigenvalue weighted by molar-refractivity contribution is -0.349. The van der Waals surface area contributed by atoms with E-state index in [2.05, 4.69) is 0 Å². The Kier molecular flexibility index (Phi) is 5.45. The van der Waals surface area contributed by atoms with Crippen molar-refractivity contribution in [3.8, 4) is 0 Å². The van der Waals surface area contributed by atoms with E-state index in [0.29, 0.717) is 13.0 Å². The third-order valence-electron chi connectivity index (χ3n) is 3.86. The number of carbonyl (C=O) groups is 1. The first-order valence-corrected chi connectivity index (χ1v) is 8.64. The van der Waals surface area contributed by atoms with Gasteiger partial charge < -0.3 is 5.11 Å². The van der Waals surface area contributed by atoms with Crippen molar-refractivity contribution in [2.24, 2.45) is 0 Å². The van der Waals surface area contributed by atoms with Crippen molar-refractivity contribution in [1.29, 1.82) is 0 Å². The second-order valence-electron chi connectivity index (χ2n) is 6.69. The van der Waals surface area contributed by atoms with Crippen molar-refractivity contribution in [2.75, 3.05) is 0 Å². The molecule has 27 heavy (non-hydrogen) atoms. The second kappa shape index (κ2) is 6.35. The van der Waals surface area contributed by atoms with Crippen molar-refractivity contribution >= 4 is 15.8 Å². The number of hydrogen-bond acceptors (Lipinski definition) is 3. The maximum atomic E-state index is 14.6. The van der Waals surface area contributed by atoms with Crippen LogP contribution in [0.2, 0.25) is 0 Å². The Bertz CT molecular complexity index is 848. The first-order chi connectivity index (χ1) is 11.7. The van der Waals surface area contributed by atoms with Crippen LogP contribution in [-0.2, 0) is 15.5 Å². The van der Waals surface area contributed by atoms with E-state index in [-0.39, 0.29) is 6.07 Å². The summed E-state index contributed by atoms with van der Waals surface area (Å²) < 4.78 is 117. The Morgan fingerprint density at radius 3 is 1.63 bits per heavy atom. The van der Waals surface area contributed by atoms with E-state index in [1.807, 2.05) is 0 Å². The van der Waals surface area contributed by atoms with Crippen LogP contribution in [0.1, 0.15) is 42.3 Å². The van der Waals surface area contributed by atoms with Gasteiger partial charge in [0.25, 0.3) is 0 Å². The number of carboxylic acid groups (broad SMARTS) is 1. The molecule has 1 aromatic rings. The van der Waals surface area contributed by atoms with E-state index in [4.69, 9.17) is 5.11 Å². The van der Waals surface area contributed by atoms with Gasteiger partial charge in [-0.05, 0) is 39.3 Å². The molecule has 1 N–H and O–H groups in total. The van der Waals surface area contributed by atoms with Gasteiger partial charge in [0, 0.05) is 5.56 Å². The quantitative estimate of drug-likeness (QED) is 0.723. The molecule has 1 aromatic carbocycles. The Morgan fingerprint density at radius 2 is 1.33 bits per heavy atom. The van der Waals surface area contributed by atoms with E-state index in [0.717, 1.165) is 20.8 Å². The second-order valence-corrected chi connectivity index (χ2v) is 9.33. The van der Waals surface area contributed by atoms with Crippen LogP contribution in [0.5, 0.6) is 0 Å². The summed E-state index contributed by atoms with van der Waals surface area (Å²) >= 11 is 0. The van der Waals surface area contributed by atoms with Gasteiger partial charge in [0.15, 0.2) is 9.84 Å². The highest BCUT2D eigenvalue weighted by molar-refractivity contribution is 7.92. The molecule has 0 aromatic heterocycles. The monoisotopic (exact) mass is 424 g/mol. The molecule has 0 fully saturated rings. The summed E-state index contributed by atoms with van der Waals surface area (Å²) in [7, 11) is -5.00. The van der Waals surface area contributed by atoms with Crippen LogP contribution in [0.15, 0.2) is 17.0 Å². The predicted molar refractivity (Wildman–Crippen MR) is 80.0 cm³/mol. The zero-order chi connectivity index (χ0) is 21.8. The van der Waals surface area contributed by atoms with Gasteiger partial charge in [0.2, 0.25) is 0 Å². The van der Waals surface area contributed by atoms with Crippen LogP contribution < -0.4 is 0 Å². The van der Waals surface area contributed by atoms with Gasteiger partial charge in [0.05, 0.1) is 15.2 Å². The summed E-state index contributed by atoms with van der Waals surface area (Å²) in [6.45, 7) is 3.62. The predicted octanol–water partition coefficient (Wildman–Crippen LogP) is 4.55. The molecule has 0 heterocycles. The molecule has 0 saturated carbocycles. The molecular formula is C15H15F7O4S. The van der Waals surface area contributed by atoms with Crippen molar-refractivity contribution < 1.29 is 49.1 Å². The molecule has 0 aliphatic carbocycles. The number of halogens is 7. The van der Waals surface area contributed by atoms with E-state index in [9.17, 15) is 43.9 Å². The topological polar surface area (TPSA) is 71.4 Å². The maximum Gasteiger partial charge on any atom is 0.435 e. The summed E-state index contributed by atoms with van der Waals surface area (Å²) in [6.07, 6.45) is -13.1. The van der Waals surface area contributed by atoms with Gasteiger partial charge in [-0.3, -0.25) is 0 Å². The molecule has 0 aliphatic rings. The summed E-state index contributed by atoms with van der Waals surface area (Å²) in [6, 6.07) is 0.205. The zero-order valence-electron chi connectivity index (χ0n) is 14.4. The van der Waals surface area contributed by atoms with Crippen molar-refractivity contribution in [2.45, 2.75) is 55.4 Å². The lowest BCUT2D eigenvalue weighted by atomic mass is 9.91. The van der Waals surface area contributed by atoms with Crippen molar-refractivity contribution in [1.82, 2.24) is 0 Å². The highest BCUT2D eigenvalue weighted by atomic mass is 32.2. The molecule has 0 aliphatic heterocycles. The highest BCUT2D eigenvalue weighted by Crippen LogP contribution is 2.55. The number of benzene rings is 1. The van der Waals surface area contributed by atoms with Crippen molar-refractivity contribution in [3.05, 3.63) is 28.8 Å². The number of sulfone groups is 1. The van der Waals surface area contributed by atoms with Crippen LogP contribution in [0, 0.1) is 6.92 Å². The fourth-order valence-electron chi connectivity index (χ4n) is 2.31. The van der Waals surface area contributed by atoms with Gasteiger partial charge in [-0.2, -0.15) is 26.3 Å². The average Bonchev–Trinajstić information content (AvgIpc) is 2.41. The molecule has 154 valence electrons. The minimum atomic E-state index is -6.55. The fraction of sp³-hybridized carbons (Fsp3) is 0.533. The van der Waals surface area contributed by atoms with Crippen molar-refractivity contribution in [3.63, 3.8) is 0 Å². The number of carboxylic acids is 1. The Morgan fingerprint density at radius 1 is 0.926 bits per heavy atom. The first-order valence-electron chi connectivity index (χ1n) is 7.15. The smallest absolute Gasteiger partial charge is 0.435 e. The standard InChI is InChI=1S/C15H15F7O4S/c1-7-8(11(23)24)5-6-9(10(7)27(25,26)12(2,3)4)13(16,14(17,18)19)15(20,21)22/h5-6H,1-4H3,(H,23,24). The third kappa shape index (κ3) is 3.50. The van der Waals surface area contributed by atoms with Crippen LogP contribution in [-0.4, -0.2) is 36.6 Å². The number of aromatic carboxylic acids is 1. The molecule has 0 atom stereocenters. The maximum absolute atomic E-state index is 14.6. The molecule has 4 nitrogen and oxygen atoms in total.